The Morgan fingerprint density at radius 2 is 1.79 bits per heavy atom. The maximum atomic E-state index is 10.2. The topological polar surface area (TPSA) is 20.2 Å². The van der Waals surface area contributed by atoms with Crippen LogP contribution in [0.4, 0.5) is 0 Å². The lowest BCUT2D eigenvalue weighted by Crippen LogP contribution is -1.99. The van der Waals surface area contributed by atoms with E-state index in [1.165, 1.54) is 0 Å². The fourth-order valence-corrected chi connectivity index (χ4v) is 3.13. The number of hydrogen-bond donors (Lipinski definition) is 1. The van der Waals surface area contributed by atoms with Crippen molar-refractivity contribution in [2.24, 2.45) is 0 Å². The molecule has 0 aromatic heterocycles. The SMILES string of the molecule is O[C@@H](CBr)c1cc2cccc(Cl)c2c2ccccc12. The third kappa shape index (κ3) is 2.14. The van der Waals surface area contributed by atoms with E-state index in [4.69, 9.17) is 11.6 Å². The molecule has 0 aliphatic carbocycles. The molecule has 0 radical (unpaired) electrons. The Kier molecular flexibility index (Phi) is 3.48. The Balaban J connectivity index is 2.50. The summed E-state index contributed by atoms with van der Waals surface area (Å²) in [4.78, 5) is 0. The minimum atomic E-state index is -0.520. The maximum absolute atomic E-state index is 10.2. The van der Waals surface area contributed by atoms with Crippen LogP contribution in [0.5, 0.6) is 0 Å². The number of rotatable bonds is 2. The lowest BCUT2D eigenvalue weighted by atomic mass is 9.95. The number of aliphatic hydroxyl groups is 1. The van der Waals surface area contributed by atoms with E-state index in [0.29, 0.717) is 5.33 Å². The van der Waals surface area contributed by atoms with E-state index >= 15 is 0 Å². The number of benzene rings is 3. The summed E-state index contributed by atoms with van der Waals surface area (Å²) in [5.41, 5.74) is 0.933. The van der Waals surface area contributed by atoms with Gasteiger partial charge in [0, 0.05) is 15.7 Å². The summed E-state index contributed by atoms with van der Waals surface area (Å²) in [5, 5.41) is 15.7. The van der Waals surface area contributed by atoms with Gasteiger partial charge < -0.3 is 5.11 Å². The predicted octanol–water partition coefficient (Wildman–Crippen LogP) is 5.07. The number of aliphatic hydroxyl groups excluding tert-OH is 1. The number of alkyl halides is 1. The molecule has 3 aromatic carbocycles. The van der Waals surface area contributed by atoms with Gasteiger partial charge in [-0.1, -0.05) is 63.9 Å². The van der Waals surface area contributed by atoms with E-state index in [2.05, 4.69) is 15.9 Å². The first-order valence-corrected chi connectivity index (χ1v) is 7.56. The second-order valence-corrected chi connectivity index (χ2v) is 5.57. The molecule has 0 bridgehead atoms. The zero-order valence-electron chi connectivity index (χ0n) is 10.1. The van der Waals surface area contributed by atoms with E-state index < -0.39 is 6.10 Å². The van der Waals surface area contributed by atoms with Gasteiger partial charge in [-0.25, -0.2) is 0 Å². The summed E-state index contributed by atoms with van der Waals surface area (Å²) in [6.07, 6.45) is -0.520. The molecule has 3 rings (SSSR count). The van der Waals surface area contributed by atoms with Crippen molar-refractivity contribution in [2.45, 2.75) is 6.10 Å². The van der Waals surface area contributed by atoms with Crippen LogP contribution in [-0.4, -0.2) is 10.4 Å². The van der Waals surface area contributed by atoms with Gasteiger partial charge >= 0.3 is 0 Å². The molecule has 0 unspecified atom stereocenters. The minimum Gasteiger partial charge on any atom is -0.388 e. The largest absolute Gasteiger partial charge is 0.388 e. The molecule has 3 heteroatoms. The van der Waals surface area contributed by atoms with Crippen molar-refractivity contribution < 1.29 is 5.11 Å². The van der Waals surface area contributed by atoms with Crippen molar-refractivity contribution >= 4 is 49.1 Å². The molecule has 0 fully saturated rings. The summed E-state index contributed by atoms with van der Waals surface area (Å²) in [6.45, 7) is 0. The first kappa shape index (κ1) is 12.9. The van der Waals surface area contributed by atoms with Crippen LogP contribution >= 0.6 is 27.5 Å². The van der Waals surface area contributed by atoms with Gasteiger partial charge in [0.05, 0.1) is 6.10 Å². The van der Waals surface area contributed by atoms with E-state index in [9.17, 15) is 5.11 Å². The van der Waals surface area contributed by atoms with Gasteiger partial charge in [0.2, 0.25) is 0 Å². The Bertz CT molecular complexity index is 754. The van der Waals surface area contributed by atoms with Crippen LogP contribution in [0.3, 0.4) is 0 Å². The summed E-state index contributed by atoms with van der Waals surface area (Å²) < 4.78 is 0. The second-order valence-electron chi connectivity index (χ2n) is 4.52. The molecule has 0 aliphatic rings. The molecular weight excluding hydrogens is 324 g/mol. The van der Waals surface area contributed by atoms with Crippen LogP contribution in [0.15, 0.2) is 48.5 Å². The molecule has 0 heterocycles. The summed E-state index contributed by atoms with van der Waals surface area (Å²) in [7, 11) is 0. The fourth-order valence-electron chi connectivity index (χ4n) is 2.50. The highest BCUT2D eigenvalue weighted by Gasteiger charge is 2.13. The molecule has 0 saturated carbocycles. The molecule has 1 nitrogen and oxygen atoms in total. The number of halogens is 2. The van der Waals surface area contributed by atoms with Crippen LogP contribution in [0.25, 0.3) is 21.5 Å². The number of fused-ring (bicyclic) bond motifs is 3. The van der Waals surface area contributed by atoms with Crippen LogP contribution in [-0.2, 0) is 0 Å². The molecule has 3 aromatic rings. The smallest absolute Gasteiger partial charge is 0.0893 e. The number of hydrogen-bond acceptors (Lipinski definition) is 1. The molecular formula is C16H12BrClO. The van der Waals surface area contributed by atoms with Gasteiger partial charge in [-0.2, -0.15) is 0 Å². The van der Waals surface area contributed by atoms with Gasteiger partial charge in [0.1, 0.15) is 0 Å². The lowest BCUT2D eigenvalue weighted by molar-refractivity contribution is 0.207. The average molecular weight is 336 g/mol. The van der Waals surface area contributed by atoms with E-state index in [1.807, 2.05) is 48.5 Å². The molecule has 1 N–H and O–H groups in total. The third-order valence-electron chi connectivity index (χ3n) is 3.37. The van der Waals surface area contributed by atoms with Crippen LogP contribution in [0, 0.1) is 0 Å². The second kappa shape index (κ2) is 5.12. The van der Waals surface area contributed by atoms with Crippen molar-refractivity contribution in [1.82, 2.24) is 0 Å². The Morgan fingerprint density at radius 3 is 2.53 bits per heavy atom. The molecule has 0 spiro atoms. The zero-order chi connectivity index (χ0) is 13.4. The first-order chi connectivity index (χ1) is 9.22. The first-order valence-electron chi connectivity index (χ1n) is 6.06. The highest BCUT2D eigenvalue weighted by atomic mass is 79.9. The summed E-state index contributed by atoms with van der Waals surface area (Å²) in [6, 6.07) is 15.9. The zero-order valence-corrected chi connectivity index (χ0v) is 12.4. The standard InChI is InChI=1S/C16H12BrClO/c17-9-15(19)13-8-10-4-3-7-14(18)16(10)12-6-2-1-5-11(12)13/h1-8,15,19H,9H2/t15-/m0/s1. The van der Waals surface area contributed by atoms with Gasteiger partial charge in [0.15, 0.2) is 0 Å². The summed E-state index contributed by atoms with van der Waals surface area (Å²) >= 11 is 9.67. The molecule has 0 amide bonds. The minimum absolute atomic E-state index is 0.517. The highest BCUT2D eigenvalue weighted by molar-refractivity contribution is 9.09. The van der Waals surface area contributed by atoms with Gasteiger partial charge in [-0.05, 0) is 33.9 Å². The van der Waals surface area contributed by atoms with Crippen molar-refractivity contribution in [3.63, 3.8) is 0 Å². The lowest BCUT2D eigenvalue weighted by Gasteiger charge is -2.14. The van der Waals surface area contributed by atoms with E-state index in [0.717, 1.165) is 32.1 Å². The maximum Gasteiger partial charge on any atom is 0.0893 e. The van der Waals surface area contributed by atoms with Gasteiger partial charge in [-0.15, -0.1) is 0 Å². The molecule has 19 heavy (non-hydrogen) atoms. The van der Waals surface area contributed by atoms with Crippen LogP contribution < -0.4 is 0 Å². The fraction of sp³-hybridized carbons (Fsp3) is 0.125. The molecule has 1 atom stereocenters. The van der Waals surface area contributed by atoms with Crippen molar-refractivity contribution in [1.29, 1.82) is 0 Å². The molecule has 96 valence electrons. The third-order valence-corrected chi connectivity index (χ3v) is 4.30. The molecule has 0 aliphatic heterocycles. The van der Waals surface area contributed by atoms with E-state index in [-0.39, 0.29) is 0 Å². The highest BCUT2D eigenvalue weighted by Crippen LogP contribution is 2.35. The Hall–Kier alpha value is -1.09. The normalized spacial score (nSPS) is 13.0. The Morgan fingerprint density at radius 1 is 1.05 bits per heavy atom. The van der Waals surface area contributed by atoms with E-state index in [1.54, 1.807) is 0 Å². The summed E-state index contributed by atoms with van der Waals surface area (Å²) in [5.74, 6) is 0. The Labute approximate surface area is 124 Å². The predicted molar refractivity (Wildman–Crippen MR) is 85.2 cm³/mol. The van der Waals surface area contributed by atoms with Crippen molar-refractivity contribution in [2.75, 3.05) is 5.33 Å². The van der Waals surface area contributed by atoms with Crippen molar-refractivity contribution in [3.8, 4) is 0 Å². The van der Waals surface area contributed by atoms with Crippen LogP contribution in [0.2, 0.25) is 5.02 Å². The molecule has 0 saturated heterocycles. The van der Waals surface area contributed by atoms with Gasteiger partial charge in [0.25, 0.3) is 0 Å². The van der Waals surface area contributed by atoms with Crippen LogP contribution in [0.1, 0.15) is 11.7 Å². The quantitative estimate of drug-likeness (QED) is 0.512. The van der Waals surface area contributed by atoms with Crippen molar-refractivity contribution in [3.05, 3.63) is 59.1 Å². The monoisotopic (exact) mass is 334 g/mol. The average Bonchev–Trinajstić information content (AvgIpc) is 2.45. The van der Waals surface area contributed by atoms with Gasteiger partial charge in [-0.3, -0.25) is 0 Å².